The van der Waals surface area contributed by atoms with Gasteiger partial charge < -0.3 is 10.6 Å². The standard InChI is InChI=1S/C25H27Cl2N3O/c1-17(20-8-7-19-4-2-3-5-21(19)15-20)28-25(31)29-22-10-12-30(13-11-22)16-18-6-9-23(26)24(27)14-18/h2-9,14-15,17,22H,10-13,16H2,1H3,(H2,28,29,31). The zero-order chi connectivity index (χ0) is 21.8. The molecule has 1 aliphatic heterocycles. The molecular weight excluding hydrogens is 429 g/mol. The van der Waals surface area contributed by atoms with Gasteiger partial charge in [-0.3, -0.25) is 4.90 Å². The summed E-state index contributed by atoms with van der Waals surface area (Å²) in [6.07, 6.45) is 1.86. The van der Waals surface area contributed by atoms with Crippen molar-refractivity contribution in [2.75, 3.05) is 13.1 Å². The maximum Gasteiger partial charge on any atom is 0.315 e. The van der Waals surface area contributed by atoms with Gasteiger partial charge in [0.05, 0.1) is 16.1 Å². The van der Waals surface area contributed by atoms with E-state index in [1.807, 2.05) is 37.3 Å². The molecule has 0 saturated carbocycles. The molecule has 1 fully saturated rings. The van der Waals surface area contributed by atoms with Crippen LogP contribution in [-0.4, -0.2) is 30.1 Å². The van der Waals surface area contributed by atoms with Crippen LogP contribution in [-0.2, 0) is 6.54 Å². The molecule has 0 radical (unpaired) electrons. The zero-order valence-corrected chi connectivity index (χ0v) is 19.1. The molecule has 1 saturated heterocycles. The Bertz CT molecular complexity index is 1060. The Hall–Kier alpha value is -2.27. The molecule has 2 N–H and O–H groups in total. The van der Waals surface area contributed by atoms with Crippen molar-refractivity contribution in [1.29, 1.82) is 0 Å². The third-order valence-corrected chi connectivity index (χ3v) is 6.67. The molecule has 0 aromatic heterocycles. The summed E-state index contributed by atoms with van der Waals surface area (Å²) in [5.41, 5.74) is 2.26. The molecule has 6 heteroatoms. The average molecular weight is 456 g/mol. The fourth-order valence-corrected chi connectivity index (χ4v) is 4.44. The first-order valence-corrected chi connectivity index (χ1v) is 11.5. The van der Waals surface area contributed by atoms with Gasteiger partial charge in [-0.15, -0.1) is 0 Å². The Labute approximate surface area is 193 Å². The van der Waals surface area contributed by atoms with E-state index in [0.29, 0.717) is 10.0 Å². The van der Waals surface area contributed by atoms with Crippen molar-refractivity contribution in [3.05, 3.63) is 81.8 Å². The molecule has 1 unspecified atom stereocenters. The highest BCUT2D eigenvalue weighted by atomic mass is 35.5. The maximum atomic E-state index is 12.5. The normalized spacial score (nSPS) is 16.2. The van der Waals surface area contributed by atoms with Crippen molar-refractivity contribution < 1.29 is 4.79 Å². The molecular formula is C25H27Cl2N3O. The number of carbonyl (C=O) groups is 1. The minimum atomic E-state index is -0.108. The third-order valence-electron chi connectivity index (χ3n) is 5.93. The number of amides is 2. The predicted octanol–water partition coefficient (Wildman–Crippen LogP) is 6.17. The predicted molar refractivity (Wildman–Crippen MR) is 129 cm³/mol. The SMILES string of the molecule is CC(NC(=O)NC1CCN(Cc2ccc(Cl)c(Cl)c2)CC1)c1ccc2ccccc2c1. The maximum absolute atomic E-state index is 12.5. The van der Waals surface area contributed by atoms with Crippen LogP contribution in [0.4, 0.5) is 4.79 Å². The lowest BCUT2D eigenvalue weighted by Gasteiger charge is -2.32. The topological polar surface area (TPSA) is 44.4 Å². The minimum Gasteiger partial charge on any atom is -0.335 e. The highest BCUT2D eigenvalue weighted by Gasteiger charge is 2.21. The van der Waals surface area contributed by atoms with E-state index < -0.39 is 0 Å². The van der Waals surface area contributed by atoms with Crippen molar-refractivity contribution in [1.82, 2.24) is 15.5 Å². The Balaban J connectivity index is 1.25. The summed E-state index contributed by atoms with van der Waals surface area (Å²) < 4.78 is 0. The van der Waals surface area contributed by atoms with E-state index in [-0.39, 0.29) is 18.1 Å². The largest absolute Gasteiger partial charge is 0.335 e. The van der Waals surface area contributed by atoms with Crippen LogP contribution >= 0.6 is 23.2 Å². The third kappa shape index (κ3) is 5.70. The van der Waals surface area contributed by atoms with Crippen molar-refractivity contribution in [3.63, 3.8) is 0 Å². The van der Waals surface area contributed by atoms with Crippen LogP contribution in [0.1, 0.15) is 36.9 Å². The Morgan fingerprint density at radius 3 is 2.48 bits per heavy atom. The lowest BCUT2D eigenvalue weighted by molar-refractivity contribution is 0.186. The number of nitrogens with zero attached hydrogens (tertiary/aromatic N) is 1. The van der Waals surface area contributed by atoms with Gasteiger partial charge in [-0.05, 0) is 59.9 Å². The average Bonchev–Trinajstić information content (AvgIpc) is 2.77. The van der Waals surface area contributed by atoms with Crippen LogP contribution in [0.5, 0.6) is 0 Å². The van der Waals surface area contributed by atoms with Crippen LogP contribution < -0.4 is 10.6 Å². The van der Waals surface area contributed by atoms with E-state index in [2.05, 4.69) is 45.9 Å². The van der Waals surface area contributed by atoms with Gasteiger partial charge in [0, 0.05) is 25.7 Å². The summed E-state index contributed by atoms with van der Waals surface area (Å²) in [5, 5.41) is 9.78. The van der Waals surface area contributed by atoms with E-state index in [1.165, 1.54) is 10.8 Å². The fraction of sp³-hybridized carbons (Fsp3) is 0.320. The molecule has 162 valence electrons. The molecule has 1 atom stereocenters. The monoisotopic (exact) mass is 455 g/mol. The smallest absolute Gasteiger partial charge is 0.315 e. The van der Waals surface area contributed by atoms with Crippen molar-refractivity contribution in [3.8, 4) is 0 Å². The summed E-state index contributed by atoms with van der Waals surface area (Å²) >= 11 is 12.1. The molecule has 3 aromatic carbocycles. The van der Waals surface area contributed by atoms with Gasteiger partial charge in [-0.25, -0.2) is 4.79 Å². The Morgan fingerprint density at radius 2 is 1.74 bits per heavy atom. The van der Waals surface area contributed by atoms with Crippen LogP contribution in [0.15, 0.2) is 60.7 Å². The van der Waals surface area contributed by atoms with E-state index in [4.69, 9.17) is 23.2 Å². The lowest BCUT2D eigenvalue weighted by atomic mass is 10.0. The fourth-order valence-electron chi connectivity index (χ4n) is 4.12. The molecule has 1 heterocycles. The first-order valence-electron chi connectivity index (χ1n) is 10.7. The van der Waals surface area contributed by atoms with Gasteiger partial charge in [0.1, 0.15) is 0 Å². The molecule has 4 nitrogen and oxygen atoms in total. The first-order chi connectivity index (χ1) is 15.0. The molecule has 0 spiro atoms. The van der Waals surface area contributed by atoms with Gasteiger partial charge in [-0.2, -0.15) is 0 Å². The summed E-state index contributed by atoms with van der Waals surface area (Å²) in [6, 6.07) is 20.4. The second-order valence-corrected chi connectivity index (χ2v) is 9.06. The summed E-state index contributed by atoms with van der Waals surface area (Å²) in [4.78, 5) is 14.9. The van der Waals surface area contributed by atoms with Gasteiger partial charge in [-0.1, -0.05) is 65.7 Å². The second kappa shape index (κ2) is 9.90. The lowest BCUT2D eigenvalue weighted by Crippen LogP contribution is -2.48. The molecule has 0 aliphatic carbocycles. The number of nitrogens with one attached hydrogen (secondary N) is 2. The van der Waals surface area contributed by atoms with E-state index in [1.54, 1.807) is 0 Å². The van der Waals surface area contributed by atoms with Crippen molar-refractivity contribution in [2.45, 2.75) is 38.4 Å². The second-order valence-electron chi connectivity index (χ2n) is 8.24. The van der Waals surface area contributed by atoms with E-state index in [9.17, 15) is 4.79 Å². The number of hydrogen-bond acceptors (Lipinski definition) is 2. The summed E-state index contributed by atoms with van der Waals surface area (Å²) in [6.45, 7) is 4.73. The van der Waals surface area contributed by atoms with Crippen LogP contribution in [0.3, 0.4) is 0 Å². The van der Waals surface area contributed by atoms with Gasteiger partial charge >= 0.3 is 6.03 Å². The first kappa shape index (κ1) is 21.9. The molecule has 4 rings (SSSR count). The summed E-state index contributed by atoms with van der Waals surface area (Å²) in [5.74, 6) is 0. The zero-order valence-electron chi connectivity index (χ0n) is 17.6. The molecule has 2 amide bonds. The van der Waals surface area contributed by atoms with Crippen LogP contribution in [0.25, 0.3) is 10.8 Å². The number of fused-ring (bicyclic) bond motifs is 1. The Morgan fingerprint density at radius 1 is 1.00 bits per heavy atom. The molecule has 3 aromatic rings. The highest BCUT2D eigenvalue weighted by Crippen LogP contribution is 2.24. The number of urea groups is 1. The van der Waals surface area contributed by atoms with Crippen LogP contribution in [0, 0.1) is 0 Å². The van der Waals surface area contributed by atoms with Gasteiger partial charge in [0.15, 0.2) is 0 Å². The number of likely N-dealkylation sites (tertiary alicyclic amines) is 1. The number of rotatable bonds is 5. The van der Waals surface area contributed by atoms with Crippen LogP contribution in [0.2, 0.25) is 10.0 Å². The molecule has 0 bridgehead atoms. The quantitative estimate of drug-likeness (QED) is 0.482. The summed E-state index contributed by atoms with van der Waals surface area (Å²) in [7, 11) is 0. The van der Waals surface area contributed by atoms with Crippen molar-refractivity contribution in [2.24, 2.45) is 0 Å². The van der Waals surface area contributed by atoms with Gasteiger partial charge in [0.2, 0.25) is 0 Å². The number of carbonyl (C=O) groups excluding carboxylic acids is 1. The molecule has 1 aliphatic rings. The number of benzene rings is 3. The number of piperidine rings is 1. The minimum absolute atomic E-state index is 0.0562. The van der Waals surface area contributed by atoms with E-state index >= 15 is 0 Å². The highest BCUT2D eigenvalue weighted by molar-refractivity contribution is 6.42. The number of halogens is 2. The van der Waals surface area contributed by atoms with Gasteiger partial charge in [0.25, 0.3) is 0 Å². The molecule has 31 heavy (non-hydrogen) atoms. The van der Waals surface area contributed by atoms with Crippen molar-refractivity contribution >= 4 is 40.0 Å². The van der Waals surface area contributed by atoms with E-state index in [0.717, 1.165) is 43.6 Å². The Kier molecular flexibility index (Phi) is 7.01. The number of hydrogen-bond donors (Lipinski definition) is 2.